The SMILES string of the molecule is COC1CCC2(CC1)Cc1ccc(C#CC3CC3)cc1C2=N. The van der Waals surface area contributed by atoms with Crippen LogP contribution in [0.5, 0.6) is 0 Å². The van der Waals surface area contributed by atoms with Gasteiger partial charge in [-0.05, 0) is 62.6 Å². The Morgan fingerprint density at radius 2 is 1.95 bits per heavy atom. The van der Waals surface area contributed by atoms with Gasteiger partial charge >= 0.3 is 0 Å². The number of hydrogen-bond donors (Lipinski definition) is 1. The van der Waals surface area contributed by atoms with Crippen molar-refractivity contribution < 1.29 is 4.74 Å². The topological polar surface area (TPSA) is 33.1 Å². The zero-order chi connectivity index (χ0) is 15.2. The van der Waals surface area contributed by atoms with Gasteiger partial charge in [0.25, 0.3) is 0 Å². The Bertz CT molecular complexity index is 667. The van der Waals surface area contributed by atoms with Crippen molar-refractivity contribution in [3.8, 4) is 11.8 Å². The largest absolute Gasteiger partial charge is 0.381 e. The Labute approximate surface area is 132 Å². The van der Waals surface area contributed by atoms with Gasteiger partial charge in [0, 0.05) is 35.3 Å². The van der Waals surface area contributed by atoms with Crippen molar-refractivity contribution in [3.63, 3.8) is 0 Å². The van der Waals surface area contributed by atoms with Gasteiger partial charge < -0.3 is 10.1 Å². The van der Waals surface area contributed by atoms with Crippen LogP contribution in [-0.4, -0.2) is 18.9 Å². The van der Waals surface area contributed by atoms with Crippen molar-refractivity contribution in [1.29, 1.82) is 5.41 Å². The van der Waals surface area contributed by atoms with E-state index in [0.29, 0.717) is 12.0 Å². The Kier molecular flexibility index (Phi) is 3.35. The second kappa shape index (κ2) is 5.25. The highest BCUT2D eigenvalue weighted by Crippen LogP contribution is 2.47. The summed E-state index contributed by atoms with van der Waals surface area (Å²) in [5, 5.41) is 8.73. The lowest BCUT2D eigenvalue weighted by Crippen LogP contribution is -2.35. The van der Waals surface area contributed by atoms with Gasteiger partial charge in [-0.1, -0.05) is 17.9 Å². The number of rotatable bonds is 1. The Morgan fingerprint density at radius 1 is 1.18 bits per heavy atom. The zero-order valence-electron chi connectivity index (χ0n) is 13.2. The third-order valence-corrected chi connectivity index (χ3v) is 5.66. The van der Waals surface area contributed by atoms with Crippen LogP contribution in [0.15, 0.2) is 18.2 Å². The summed E-state index contributed by atoms with van der Waals surface area (Å²) in [6.45, 7) is 0. The fourth-order valence-corrected chi connectivity index (χ4v) is 4.00. The molecule has 3 aliphatic carbocycles. The summed E-state index contributed by atoms with van der Waals surface area (Å²) in [4.78, 5) is 0. The average molecular weight is 293 g/mol. The highest BCUT2D eigenvalue weighted by atomic mass is 16.5. The zero-order valence-corrected chi connectivity index (χ0v) is 13.2. The van der Waals surface area contributed by atoms with Gasteiger partial charge in [-0.25, -0.2) is 0 Å². The van der Waals surface area contributed by atoms with Gasteiger partial charge in [-0.3, -0.25) is 0 Å². The molecule has 2 heteroatoms. The highest BCUT2D eigenvalue weighted by molar-refractivity contribution is 6.07. The number of nitrogens with one attached hydrogen (secondary N) is 1. The van der Waals surface area contributed by atoms with E-state index in [1.165, 1.54) is 18.4 Å². The first-order valence-corrected chi connectivity index (χ1v) is 8.47. The van der Waals surface area contributed by atoms with Crippen LogP contribution in [0.1, 0.15) is 55.2 Å². The van der Waals surface area contributed by atoms with Crippen LogP contribution in [0, 0.1) is 28.6 Å². The van der Waals surface area contributed by atoms with Crippen LogP contribution in [0.4, 0.5) is 0 Å². The summed E-state index contributed by atoms with van der Waals surface area (Å²) in [6.07, 6.45) is 8.29. The quantitative estimate of drug-likeness (QED) is 0.781. The number of benzene rings is 1. The molecule has 0 heterocycles. The number of methoxy groups -OCH3 is 1. The molecular weight excluding hydrogens is 270 g/mol. The molecule has 0 bridgehead atoms. The Hall–Kier alpha value is -1.59. The third-order valence-electron chi connectivity index (χ3n) is 5.66. The molecule has 0 saturated heterocycles. The van der Waals surface area contributed by atoms with E-state index in [1.807, 2.05) is 7.11 Å². The Morgan fingerprint density at radius 3 is 2.64 bits per heavy atom. The molecule has 0 atom stereocenters. The molecule has 22 heavy (non-hydrogen) atoms. The molecule has 114 valence electrons. The molecule has 3 aliphatic rings. The van der Waals surface area contributed by atoms with Crippen LogP contribution < -0.4 is 0 Å². The van der Waals surface area contributed by atoms with Gasteiger partial charge in [-0.15, -0.1) is 0 Å². The summed E-state index contributed by atoms with van der Waals surface area (Å²) >= 11 is 0. The van der Waals surface area contributed by atoms with Gasteiger partial charge in [0.15, 0.2) is 0 Å². The van der Waals surface area contributed by atoms with E-state index in [9.17, 15) is 0 Å². The van der Waals surface area contributed by atoms with Crippen LogP contribution in [0.3, 0.4) is 0 Å². The first kappa shape index (κ1) is 14.0. The number of ether oxygens (including phenoxy) is 1. The lowest BCUT2D eigenvalue weighted by molar-refractivity contribution is 0.0467. The van der Waals surface area contributed by atoms with E-state index in [2.05, 4.69) is 30.0 Å². The molecule has 2 fully saturated rings. The minimum Gasteiger partial charge on any atom is -0.381 e. The van der Waals surface area contributed by atoms with Gasteiger partial charge in [0.2, 0.25) is 0 Å². The molecule has 1 spiro atoms. The van der Waals surface area contributed by atoms with Crippen molar-refractivity contribution >= 4 is 5.71 Å². The van der Waals surface area contributed by atoms with E-state index in [0.717, 1.165) is 48.9 Å². The van der Waals surface area contributed by atoms with Crippen molar-refractivity contribution in [2.75, 3.05) is 7.11 Å². The number of fused-ring (bicyclic) bond motifs is 1. The predicted molar refractivity (Wildman–Crippen MR) is 88.3 cm³/mol. The summed E-state index contributed by atoms with van der Waals surface area (Å²) < 4.78 is 5.50. The molecule has 1 aromatic rings. The molecule has 0 amide bonds. The third kappa shape index (κ3) is 2.38. The van der Waals surface area contributed by atoms with Crippen molar-refractivity contribution in [3.05, 3.63) is 34.9 Å². The minimum absolute atomic E-state index is 0.0694. The summed E-state index contributed by atoms with van der Waals surface area (Å²) in [6, 6.07) is 6.50. The van der Waals surface area contributed by atoms with Crippen LogP contribution in [-0.2, 0) is 11.2 Å². The summed E-state index contributed by atoms with van der Waals surface area (Å²) in [5.41, 5.74) is 4.50. The van der Waals surface area contributed by atoms with E-state index in [4.69, 9.17) is 10.1 Å². The second-order valence-electron chi connectivity index (χ2n) is 7.18. The normalized spacial score (nSPS) is 30.0. The molecule has 2 saturated carbocycles. The monoisotopic (exact) mass is 293 g/mol. The molecule has 0 unspecified atom stereocenters. The number of hydrogen-bond acceptors (Lipinski definition) is 2. The van der Waals surface area contributed by atoms with Gasteiger partial charge in [-0.2, -0.15) is 0 Å². The molecule has 2 nitrogen and oxygen atoms in total. The molecule has 0 radical (unpaired) electrons. The van der Waals surface area contributed by atoms with E-state index >= 15 is 0 Å². The first-order chi connectivity index (χ1) is 10.7. The fraction of sp³-hybridized carbons (Fsp3) is 0.550. The Balaban J connectivity index is 1.58. The van der Waals surface area contributed by atoms with Crippen LogP contribution in [0.2, 0.25) is 0 Å². The van der Waals surface area contributed by atoms with Crippen LogP contribution >= 0.6 is 0 Å². The van der Waals surface area contributed by atoms with E-state index in [1.54, 1.807) is 0 Å². The van der Waals surface area contributed by atoms with Crippen molar-refractivity contribution in [1.82, 2.24) is 0 Å². The fourth-order valence-electron chi connectivity index (χ4n) is 4.00. The predicted octanol–water partition coefficient (Wildman–Crippen LogP) is 3.95. The van der Waals surface area contributed by atoms with Crippen LogP contribution in [0.25, 0.3) is 0 Å². The van der Waals surface area contributed by atoms with Gasteiger partial charge in [0.1, 0.15) is 0 Å². The minimum atomic E-state index is 0.0694. The smallest absolute Gasteiger partial charge is 0.0572 e. The molecular formula is C20H23NO. The maximum absolute atomic E-state index is 8.73. The molecule has 0 aromatic heterocycles. The standard InChI is InChI=1S/C20H23NO/c1-22-17-8-10-20(11-9-17)13-16-7-6-15(5-4-14-2-3-14)12-18(16)19(20)21/h6-7,12,14,17,21H,2-3,8-11,13H2,1H3. The molecule has 0 aliphatic heterocycles. The summed E-state index contributed by atoms with van der Waals surface area (Å²) in [5.74, 6) is 7.25. The van der Waals surface area contributed by atoms with E-state index < -0.39 is 0 Å². The summed E-state index contributed by atoms with van der Waals surface area (Å²) in [7, 11) is 1.81. The maximum atomic E-state index is 8.73. The van der Waals surface area contributed by atoms with Crippen molar-refractivity contribution in [2.45, 2.75) is 51.0 Å². The lowest BCUT2D eigenvalue weighted by Gasteiger charge is -2.36. The molecule has 1 N–H and O–H groups in total. The van der Waals surface area contributed by atoms with E-state index in [-0.39, 0.29) is 5.41 Å². The maximum Gasteiger partial charge on any atom is 0.0572 e. The average Bonchev–Trinajstić information content (AvgIpc) is 3.34. The highest BCUT2D eigenvalue weighted by Gasteiger charge is 2.44. The lowest BCUT2D eigenvalue weighted by atomic mass is 9.70. The molecule has 1 aromatic carbocycles. The second-order valence-corrected chi connectivity index (χ2v) is 7.18. The van der Waals surface area contributed by atoms with Gasteiger partial charge in [0.05, 0.1) is 6.10 Å². The first-order valence-electron chi connectivity index (χ1n) is 8.47. The molecule has 4 rings (SSSR count). The van der Waals surface area contributed by atoms with Crippen molar-refractivity contribution in [2.24, 2.45) is 11.3 Å².